The van der Waals surface area contributed by atoms with Crippen LogP contribution in [0.15, 0.2) is 24.3 Å². The predicted molar refractivity (Wildman–Crippen MR) is 68.8 cm³/mol. The third-order valence-electron chi connectivity index (χ3n) is 2.78. The fraction of sp³-hybridized carbons (Fsp3) is 0.455. The van der Waals surface area contributed by atoms with Gasteiger partial charge in [-0.05, 0) is 61.0 Å². The van der Waals surface area contributed by atoms with E-state index < -0.39 is 0 Å². The fourth-order valence-corrected chi connectivity index (χ4v) is 2.00. The zero-order valence-corrected chi connectivity index (χ0v) is 10.7. The molecule has 2 nitrogen and oxygen atoms in total. The average Bonchev–Trinajstić information content (AvgIpc) is 2.05. The first-order valence-electron chi connectivity index (χ1n) is 4.84. The Hall–Kier alpha value is -0.290. The first-order valence-corrected chi connectivity index (χ1v) is 5.91. The lowest BCUT2D eigenvalue weighted by atomic mass is 10.1. The molecule has 1 aromatic carbocycles. The highest BCUT2D eigenvalue weighted by molar-refractivity contribution is 14.1. The van der Waals surface area contributed by atoms with Crippen molar-refractivity contribution < 1.29 is 0 Å². The van der Waals surface area contributed by atoms with E-state index in [2.05, 4.69) is 70.8 Å². The van der Waals surface area contributed by atoms with Gasteiger partial charge in [0.05, 0.1) is 0 Å². The molecule has 0 N–H and O–H groups in total. The van der Waals surface area contributed by atoms with Crippen molar-refractivity contribution in [2.75, 3.05) is 32.1 Å². The summed E-state index contributed by atoms with van der Waals surface area (Å²) in [6.07, 6.45) is 0. The van der Waals surface area contributed by atoms with Gasteiger partial charge in [0, 0.05) is 28.4 Å². The van der Waals surface area contributed by atoms with Crippen LogP contribution in [0.1, 0.15) is 0 Å². The van der Waals surface area contributed by atoms with Gasteiger partial charge in [-0.2, -0.15) is 0 Å². The molecule has 0 bridgehead atoms. The largest absolute Gasteiger partial charge is 0.368 e. The minimum atomic E-state index is 0.731. The van der Waals surface area contributed by atoms with Gasteiger partial charge < -0.3 is 9.80 Å². The molecule has 0 spiro atoms. The van der Waals surface area contributed by atoms with E-state index in [0.29, 0.717) is 0 Å². The van der Waals surface area contributed by atoms with E-state index in [1.165, 1.54) is 9.26 Å². The van der Waals surface area contributed by atoms with Crippen LogP contribution in [0, 0.1) is 3.57 Å². The molecule has 0 aromatic heterocycles. The van der Waals surface area contributed by atoms with Crippen LogP contribution in [0.3, 0.4) is 0 Å². The second kappa shape index (κ2) is 4.06. The standard InChI is InChI=1S/C11H15IN2/c1-13(2)11-7-14(8-11)10-5-3-9(12)4-6-10/h3-6,11H,7-8H2,1-2H3. The van der Waals surface area contributed by atoms with Crippen LogP contribution in [0.4, 0.5) is 5.69 Å². The molecule has 1 fully saturated rings. The average molecular weight is 302 g/mol. The summed E-state index contributed by atoms with van der Waals surface area (Å²) in [6.45, 7) is 2.32. The van der Waals surface area contributed by atoms with E-state index in [1.54, 1.807) is 0 Å². The maximum absolute atomic E-state index is 2.42. The van der Waals surface area contributed by atoms with Crippen molar-refractivity contribution in [3.05, 3.63) is 27.8 Å². The Bertz CT molecular complexity index is 302. The van der Waals surface area contributed by atoms with Crippen LogP contribution in [-0.4, -0.2) is 38.1 Å². The third kappa shape index (κ3) is 2.03. The molecule has 1 saturated heterocycles. The predicted octanol–water partition coefficient (Wildman–Crippen LogP) is 2.04. The molecular formula is C11H15IN2. The lowest BCUT2D eigenvalue weighted by molar-refractivity contribution is 0.247. The minimum absolute atomic E-state index is 0.731. The van der Waals surface area contributed by atoms with Crippen molar-refractivity contribution in [2.24, 2.45) is 0 Å². The van der Waals surface area contributed by atoms with Crippen molar-refractivity contribution in [3.8, 4) is 0 Å². The van der Waals surface area contributed by atoms with Gasteiger partial charge in [-0.25, -0.2) is 0 Å². The van der Waals surface area contributed by atoms with Crippen molar-refractivity contribution in [1.29, 1.82) is 0 Å². The van der Waals surface area contributed by atoms with Crippen LogP contribution >= 0.6 is 22.6 Å². The Labute approximate surface area is 99.0 Å². The number of halogens is 1. The summed E-state index contributed by atoms with van der Waals surface area (Å²) in [5.74, 6) is 0. The van der Waals surface area contributed by atoms with E-state index in [4.69, 9.17) is 0 Å². The smallest absolute Gasteiger partial charge is 0.0440 e. The van der Waals surface area contributed by atoms with Gasteiger partial charge in [0.1, 0.15) is 0 Å². The zero-order chi connectivity index (χ0) is 10.1. The number of hydrogen-bond acceptors (Lipinski definition) is 2. The SMILES string of the molecule is CN(C)C1CN(c2ccc(I)cc2)C1. The summed E-state index contributed by atoms with van der Waals surface area (Å²) in [6, 6.07) is 9.47. The van der Waals surface area contributed by atoms with Gasteiger partial charge in [0.2, 0.25) is 0 Å². The Morgan fingerprint density at radius 1 is 1.21 bits per heavy atom. The second-order valence-corrected chi connectivity index (χ2v) is 5.24. The number of benzene rings is 1. The Morgan fingerprint density at radius 3 is 2.29 bits per heavy atom. The Kier molecular flexibility index (Phi) is 2.97. The molecule has 14 heavy (non-hydrogen) atoms. The molecule has 0 amide bonds. The minimum Gasteiger partial charge on any atom is -0.368 e. The maximum atomic E-state index is 2.42. The monoisotopic (exact) mass is 302 g/mol. The van der Waals surface area contributed by atoms with E-state index in [1.807, 2.05) is 0 Å². The summed E-state index contributed by atoms with van der Waals surface area (Å²) in [5, 5.41) is 0. The quantitative estimate of drug-likeness (QED) is 0.772. The molecule has 1 heterocycles. The molecule has 1 aliphatic rings. The summed E-state index contributed by atoms with van der Waals surface area (Å²) in [5.41, 5.74) is 1.35. The molecule has 1 aromatic rings. The lowest BCUT2D eigenvalue weighted by Crippen LogP contribution is -2.57. The van der Waals surface area contributed by atoms with Crippen molar-refractivity contribution in [2.45, 2.75) is 6.04 Å². The molecular weight excluding hydrogens is 287 g/mol. The van der Waals surface area contributed by atoms with Crippen molar-refractivity contribution >= 4 is 28.3 Å². The number of likely N-dealkylation sites (N-methyl/N-ethyl adjacent to an activating group) is 1. The highest BCUT2D eigenvalue weighted by atomic mass is 127. The van der Waals surface area contributed by atoms with E-state index in [0.717, 1.165) is 19.1 Å². The van der Waals surface area contributed by atoms with Gasteiger partial charge in [-0.1, -0.05) is 0 Å². The molecule has 76 valence electrons. The summed E-state index contributed by atoms with van der Waals surface area (Å²) < 4.78 is 1.30. The lowest BCUT2D eigenvalue weighted by Gasteiger charge is -2.44. The summed E-state index contributed by atoms with van der Waals surface area (Å²) >= 11 is 2.34. The summed E-state index contributed by atoms with van der Waals surface area (Å²) in [4.78, 5) is 4.71. The molecule has 2 rings (SSSR count). The molecule has 0 atom stereocenters. The highest BCUT2D eigenvalue weighted by Gasteiger charge is 2.27. The number of rotatable bonds is 2. The van der Waals surface area contributed by atoms with E-state index in [9.17, 15) is 0 Å². The van der Waals surface area contributed by atoms with Crippen LogP contribution in [0.2, 0.25) is 0 Å². The van der Waals surface area contributed by atoms with Crippen molar-refractivity contribution in [3.63, 3.8) is 0 Å². The zero-order valence-electron chi connectivity index (χ0n) is 8.57. The van der Waals surface area contributed by atoms with Crippen LogP contribution in [0.5, 0.6) is 0 Å². The van der Waals surface area contributed by atoms with Gasteiger partial charge in [-0.3, -0.25) is 0 Å². The van der Waals surface area contributed by atoms with Crippen molar-refractivity contribution in [1.82, 2.24) is 4.90 Å². The maximum Gasteiger partial charge on any atom is 0.0440 e. The topological polar surface area (TPSA) is 6.48 Å². The molecule has 3 heteroatoms. The molecule has 0 unspecified atom stereocenters. The number of anilines is 1. The van der Waals surface area contributed by atoms with Crippen LogP contribution in [0.25, 0.3) is 0 Å². The summed E-state index contributed by atoms with van der Waals surface area (Å²) in [7, 11) is 4.30. The number of hydrogen-bond donors (Lipinski definition) is 0. The molecule has 0 aliphatic carbocycles. The van der Waals surface area contributed by atoms with Crippen LogP contribution in [-0.2, 0) is 0 Å². The first kappa shape index (κ1) is 10.2. The first-order chi connectivity index (χ1) is 6.66. The van der Waals surface area contributed by atoms with Gasteiger partial charge in [-0.15, -0.1) is 0 Å². The van der Waals surface area contributed by atoms with Gasteiger partial charge >= 0.3 is 0 Å². The normalized spacial score (nSPS) is 17.3. The van der Waals surface area contributed by atoms with E-state index >= 15 is 0 Å². The third-order valence-corrected chi connectivity index (χ3v) is 3.50. The van der Waals surface area contributed by atoms with E-state index in [-0.39, 0.29) is 0 Å². The highest BCUT2D eigenvalue weighted by Crippen LogP contribution is 2.23. The molecule has 1 aliphatic heterocycles. The molecule has 0 saturated carbocycles. The second-order valence-electron chi connectivity index (χ2n) is 4.00. The Balaban J connectivity index is 1.96. The fourth-order valence-electron chi connectivity index (χ4n) is 1.64. The van der Waals surface area contributed by atoms with Gasteiger partial charge in [0.25, 0.3) is 0 Å². The van der Waals surface area contributed by atoms with Crippen LogP contribution < -0.4 is 4.90 Å². The Morgan fingerprint density at radius 2 is 1.79 bits per heavy atom. The molecule has 0 radical (unpaired) electrons. The number of nitrogens with zero attached hydrogens (tertiary/aromatic N) is 2. The van der Waals surface area contributed by atoms with Gasteiger partial charge in [0.15, 0.2) is 0 Å².